The Balaban J connectivity index is 1.53. The summed E-state index contributed by atoms with van der Waals surface area (Å²) in [6.45, 7) is 0.439. The van der Waals surface area contributed by atoms with E-state index in [0.29, 0.717) is 33.0 Å². The van der Waals surface area contributed by atoms with Crippen molar-refractivity contribution in [3.8, 4) is 0 Å². The van der Waals surface area contributed by atoms with Gasteiger partial charge in [-0.2, -0.15) is 0 Å². The van der Waals surface area contributed by atoms with E-state index >= 15 is 0 Å². The number of thioether (sulfide) groups is 1. The van der Waals surface area contributed by atoms with E-state index in [2.05, 4.69) is 10.3 Å². The molecule has 1 aliphatic heterocycles. The Bertz CT molecular complexity index is 1230. The van der Waals surface area contributed by atoms with Crippen molar-refractivity contribution in [2.75, 3.05) is 10.7 Å². The molecule has 3 aromatic rings. The first-order chi connectivity index (χ1) is 16.0. The van der Waals surface area contributed by atoms with Crippen LogP contribution in [-0.4, -0.2) is 22.7 Å². The smallest absolute Gasteiger partial charge is 0.283 e. The summed E-state index contributed by atoms with van der Waals surface area (Å²) < 4.78 is 0. The Hall–Kier alpha value is -3.06. The molecule has 8 heteroatoms. The molecule has 0 aliphatic carbocycles. The summed E-state index contributed by atoms with van der Waals surface area (Å²) in [6, 6.07) is 23.9. The Morgan fingerprint density at radius 1 is 1.00 bits per heavy atom. The van der Waals surface area contributed by atoms with Gasteiger partial charge in [0.2, 0.25) is 5.91 Å². The van der Waals surface area contributed by atoms with Crippen LogP contribution in [-0.2, 0) is 16.1 Å². The lowest BCUT2D eigenvalue weighted by atomic mass is 10.2. The van der Waals surface area contributed by atoms with E-state index in [1.54, 1.807) is 24.3 Å². The topological polar surface area (TPSA) is 61.8 Å². The molecular weight excluding hydrogens is 477 g/mol. The molecule has 1 aliphatic rings. The minimum absolute atomic E-state index is 0.122. The maximum absolute atomic E-state index is 13.2. The molecule has 0 unspecified atom stereocenters. The van der Waals surface area contributed by atoms with E-state index in [0.717, 1.165) is 5.56 Å². The minimum atomic E-state index is -0.292. The zero-order chi connectivity index (χ0) is 23.2. The van der Waals surface area contributed by atoms with Crippen molar-refractivity contribution in [2.24, 2.45) is 4.99 Å². The van der Waals surface area contributed by atoms with Crippen molar-refractivity contribution in [2.45, 2.75) is 6.54 Å². The fraction of sp³-hybridized carbons (Fsp3) is 0.0800. The van der Waals surface area contributed by atoms with Crippen LogP contribution in [0.25, 0.3) is 6.08 Å². The van der Waals surface area contributed by atoms with E-state index in [4.69, 9.17) is 23.2 Å². The summed E-state index contributed by atoms with van der Waals surface area (Å²) in [5, 5.41) is 4.25. The van der Waals surface area contributed by atoms with Gasteiger partial charge >= 0.3 is 0 Å². The molecule has 5 nitrogen and oxygen atoms in total. The number of carbonyl (C=O) groups is 2. The quantitative estimate of drug-likeness (QED) is 0.440. The molecular formula is C25H19Cl2N3O2S. The van der Waals surface area contributed by atoms with Gasteiger partial charge in [0.1, 0.15) is 5.70 Å². The fourth-order valence-electron chi connectivity index (χ4n) is 3.14. The van der Waals surface area contributed by atoms with Gasteiger partial charge in [-0.1, -0.05) is 89.6 Å². The molecule has 0 saturated heterocycles. The van der Waals surface area contributed by atoms with Crippen LogP contribution >= 0.6 is 35.0 Å². The number of amidine groups is 1. The average Bonchev–Trinajstić information content (AvgIpc) is 3.14. The van der Waals surface area contributed by atoms with Crippen molar-refractivity contribution < 1.29 is 9.59 Å². The van der Waals surface area contributed by atoms with E-state index in [1.807, 2.05) is 60.7 Å². The second-order valence-corrected chi connectivity index (χ2v) is 8.90. The van der Waals surface area contributed by atoms with Crippen LogP contribution < -0.4 is 10.2 Å². The number of hydrogen-bond donors (Lipinski definition) is 1. The Labute approximate surface area is 206 Å². The highest BCUT2D eigenvalue weighted by atomic mass is 35.5. The zero-order valence-electron chi connectivity index (χ0n) is 17.4. The van der Waals surface area contributed by atoms with Crippen molar-refractivity contribution in [3.05, 3.63) is 106 Å². The van der Waals surface area contributed by atoms with Gasteiger partial charge in [0.15, 0.2) is 5.17 Å². The first kappa shape index (κ1) is 23.1. The first-order valence-corrected chi connectivity index (χ1v) is 11.8. The third-order valence-corrected chi connectivity index (χ3v) is 6.26. The highest BCUT2D eigenvalue weighted by Crippen LogP contribution is 2.31. The minimum Gasteiger partial charge on any atom is -0.351 e. The standard InChI is InChI=1S/C25H19Cl2N3O2S/c26-19-12-11-18(21(27)14-19)13-22-24(32)30(20-9-5-2-6-10-20)25(29-22)33-16-23(31)28-15-17-7-3-1-4-8-17/h1-14H,15-16H2,(H,28,31)/b22-13-. The maximum atomic E-state index is 13.2. The number of anilines is 1. The van der Waals surface area contributed by atoms with Crippen LogP contribution in [0.5, 0.6) is 0 Å². The van der Waals surface area contributed by atoms with Crippen molar-refractivity contribution in [3.63, 3.8) is 0 Å². The van der Waals surface area contributed by atoms with E-state index in [-0.39, 0.29) is 23.3 Å². The van der Waals surface area contributed by atoms with Crippen LogP contribution in [0.4, 0.5) is 5.69 Å². The van der Waals surface area contributed by atoms with Gasteiger partial charge in [-0.05, 0) is 41.5 Å². The second-order valence-electron chi connectivity index (χ2n) is 7.12. The lowest BCUT2D eigenvalue weighted by Gasteiger charge is -2.17. The number of aliphatic imine (C=N–C) groups is 1. The SMILES string of the molecule is O=C(CSC1=N/C(=C\c2ccc(Cl)cc2Cl)C(=O)N1c1ccccc1)NCc1ccccc1. The van der Waals surface area contributed by atoms with Crippen molar-refractivity contribution >= 4 is 63.7 Å². The molecule has 4 rings (SSSR count). The number of rotatable bonds is 6. The summed E-state index contributed by atoms with van der Waals surface area (Å²) in [7, 11) is 0. The summed E-state index contributed by atoms with van der Waals surface area (Å²) in [4.78, 5) is 31.7. The number of nitrogens with one attached hydrogen (secondary N) is 1. The molecule has 33 heavy (non-hydrogen) atoms. The Morgan fingerprint density at radius 3 is 2.39 bits per heavy atom. The predicted octanol–water partition coefficient (Wildman–Crippen LogP) is 5.79. The molecule has 2 amide bonds. The molecule has 0 radical (unpaired) electrons. The highest BCUT2D eigenvalue weighted by Gasteiger charge is 2.32. The zero-order valence-corrected chi connectivity index (χ0v) is 19.7. The Morgan fingerprint density at radius 2 is 1.70 bits per heavy atom. The molecule has 3 aromatic carbocycles. The molecule has 0 bridgehead atoms. The average molecular weight is 496 g/mol. The van der Waals surface area contributed by atoms with Gasteiger partial charge in [-0.3, -0.25) is 14.5 Å². The van der Waals surface area contributed by atoms with Crippen molar-refractivity contribution in [1.82, 2.24) is 5.32 Å². The normalized spacial score (nSPS) is 14.5. The van der Waals surface area contributed by atoms with Crippen LogP contribution in [0, 0.1) is 0 Å². The van der Waals surface area contributed by atoms with Gasteiger partial charge in [-0.15, -0.1) is 0 Å². The number of hydrogen-bond acceptors (Lipinski definition) is 4. The molecule has 0 atom stereocenters. The molecule has 0 aromatic heterocycles. The second kappa shape index (κ2) is 10.7. The number of carbonyl (C=O) groups excluding carboxylic acids is 2. The van der Waals surface area contributed by atoms with Gasteiger partial charge < -0.3 is 5.32 Å². The monoisotopic (exact) mass is 495 g/mol. The van der Waals surface area contributed by atoms with E-state index in [1.165, 1.54) is 16.7 Å². The summed E-state index contributed by atoms with van der Waals surface area (Å²) >= 11 is 13.5. The van der Waals surface area contributed by atoms with Crippen LogP contribution in [0.2, 0.25) is 10.0 Å². The van der Waals surface area contributed by atoms with E-state index < -0.39 is 0 Å². The van der Waals surface area contributed by atoms with Gasteiger partial charge in [-0.25, -0.2) is 4.99 Å². The highest BCUT2D eigenvalue weighted by molar-refractivity contribution is 8.14. The summed E-state index contributed by atoms with van der Waals surface area (Å²) in [5.41, 5.74) is 2.55. The largest absolute Gasteiger partial charge is 0.351 e. The number of halogens is 2. The van der Waals surface area contributed by atoms with E-state index in [9.17, 15) is 9.59 Å². The Kier molecular flexibility index (Phi) is 7.50. The number of amides is 2. The molecule has 1 heterocycles. The van der Waals surface area contributed by atoms with Crippen molar-refractivity contribution in [1.29, 1.82) is 0 Å². The number of para-hydroxylation sites is 1. The molecule has 166 valence electrons. The fourth-order valence-corrected chi connectivity index (χ4v) is 4.45. The molecule has 0 fully saturated rings. The van der Waals surface area contributed by atoms with Gasteiger partial charge in [0, 0.05) is 16.6 Å². The third kappa shape index (κ3) is 5.85. The predicted molar refractivity (Wildman–Crippen MR) is 137 cm³/mol. The molecule has 0 spiro atoms. The summed E-state index contributed by atoms with van der Waals surface area (Å²) in [6.07, 6.45) is 1.62. The van der Waals surface area contributed by atoms with Gasteiger partial charge in [0.05, 0.1) is 11.4 Å². The lowest BCUT2D eigenvalue weighted by molar-refractivity contribution is -0.118. The van der Waals surface area contributed by atoms with Crippen LogP contribution in [0.15, 0.2) is 89.6 Å². The molecule has 0 saturated carbocycles. The maximum Gasteiger partial charge on any atom is 0.283 e. The third-order valence-electron chi connectivity index (χ3n) is 4.76. The van der Waals surface area contributed by atoms with Crippen LogP contribution in [0.1, 0.15) is 11.1 Å². The number of nitrogens with zero attached hydrogens (tertiary/aromatic N) is 2. The number of benzene rings is 3. The van der Waals surface area contributed by atoms with Crippen LogP contribution in [0.3, 0.4) is 0 Å². The van der Waals surface area contributed by atoms with Gasteiger partial charge in [0.25, 0.3) is 5.91 Å². The lowest BCUT2D eigenvalue weighted by Crippen LogP contribution is -2.32. The molecule has 1 N–H and O–H groups in total. The first-order valence-electron chi connectivity index (χ1n) is 10.1. The summed E-state index contributed by atoms with van der Waals surface area (Å²) in [5.74, 6) is -0.318.